The molecule has 0 spiro atoms. The molecule has 2 N–H and O–H groups in total. The fraction of sp³-hybridized carbons (Fsp3) is 0. The van der Waals surface area contributed by atoms with Gasteiger partial charge in [0.2, 0.25) is 10.0 Å². The summed E-state index contributed by atoms with van der Waals surface area (Å²) < 4.78 is 22.1. The zero-order valence-corrected chi connectivity index (χ0v) is 9.25. The molecule has 15 heavy (non-hydrogen) atoms. The Morgan fingerprint density at radius 1 is 1.13 bits per heavy atom. The third kappa shape index (κ3) is 2.44. The van der Waals surface area contributed by atoms with Crippen LogP contribution in [0.3, 0.4) is 0 Å². The maximum absolute atomic E-state index is 11.0. The molecule has 0 bridgehead atoms. The minimum absolute atomic E-state index is 0. The number of rotatable bonds is 1. The molecule has 1 aromatic carbocycles. The van der Waals surface area contributed by atoms with E-state index in [2.05, 4.69) is 4.98 Å². The first kappa shape index (κ1) is 11.9. The molecule has 0 atom stereocenters. The van der Waals surface area contributed by atoms with E-state index in [0.717, 1.165) is 10.8 Å². The van der Waals surface area contributed by atoms with Gasteiger partial charge in [-0.1, -0.05) is 6.07 Å². The molecule has 2 rings (SSSR count). The maximum atomic E-state index is 11.0. The fourth-order valence-electron chi connectivity index (χ4n) is 1.24. The lowest BCUT2D eigenvalue weighted by Gasteiger charge is -2.00. The minimum Gasteiger partial charge on any atom is -0.264 e. The summed E-state index contributed by atoms with van der Waals surface area (Å²) in [6.45, 7) is 0. The van der Waals surface area contributed by atoms with E-state index in [4.69, 9.17) is 5.14 Å². The zero-order chi connectivity index (χ0) is 10.2. The number of hydrogen-bond donors (Lipinski definition) is 1. The molecular weight excluding hydrogens is 236 g/mol. The van der Waals surface area contributed by atoms with Crippen LogP contribution < -0.4 is 5.14 Å². The topological polar surface area (TPSA) is 73.1 Å². The van der Waals surface area contributed by atoms with Gasteiger partial charge in [-0.25, -0.2) is 13.6 Å². The number of hydrogen-bond acceptors (Lipinski definition) is 3. The smallest absolute Gasteiger partial charge is 0.238 e. The quantitative estimate of drug-likeness (QED) is 0.822. The number of halogens is 1. The number of sulfonamides is 1. The largest absolute Gasteiger partial charge is 0.264 e. The second-order valence-electron chi connectivity index (χ2n) is 2.93. The highest BCUT2D eigenvalue weighted by molar-refractivity contribution is 7.89. The molecule has 0 aliphatic heterocycles. The molecule has 0 aliphatic rings. The average molecular weight is 245 g/mol. The van der Waals surface area contributed by atoms with Crippen LogP contribution in [0.5, 0.6) is 0 Å². The summed E-state index contributed by atoms with van der Waals surface area (Å²) in [5, 5.41) is 6.70. The molecule has 80 valence electrons. The Balaban J connectivity index is 0.00000112. The summed E-state index contributed by atoms with van der Waals surface area (Å²) in [6.07, 6.45) is 3.25. The lowest BCUT2D eigenvalue weighted by atomic mass is 10.2. The fourth-order valence-corrected chi connectivity index (χ4v) is 1.79. The standard InChI is InChI=1S/C9H8N2O2S.ClH/c10-14(12,13)9-2-1-7-3-4-11-6-8(7)5-9;/h1-6H,(H2,10,12,13);1H. The van der Waals surface area contributed by atoms with E-state index in [1.54, 1.807) is 18.5 Å². The van der Waals surface area contributed by atoms with E-state index in [-0.39, 0.29) is 17.3 Å². The van der Waals surface area contributed by atoms with Gasteiger partial charge < -0.3 is 0 Å². The van der Waals surface area contributed by atoms with Gasteiger partial charge in [0.1, 0.15) is 0 Å². The number of pyridine rings is 1. The van der Waals surface area contributed by atoms with Crippen molar-refractivity contribution < 1.29 is 8.42 Å². The lowest BCUT2D eigenvalue weighted by molar-refractivity contribution is 0.598. The van der Waals surface area contributed by atoms with Gasteiger partial charge in [0.25, 0.3) is 0 Å². The number of aromatic nitrogens is 1. The van der Waals surface area contributed by atoms with Crippen LogP contribution in [0.15, 0.2) is 41.6 Å². The predicted molar refractivity (Wildman–Crippen MR) is 60.4 cm³/mol. The van der Waals surface area contributed by atoms with Gasteiger partial charge in [-0.2, -0.15) is 0 Å². The number of primary sulfonamides is 1. The van der Waals surface area contributed by atoms with Crippen molar-refractivity contribution in [2.24, 2.45) is 5.14 Å². The molecule has 0 aliphatic carbocycles. The third-order valence-corrected chi connectivity index (χ3v) is 2.85. The molecule has 0 saturated carbocycles. The van der Waals surface area contributed by atoms with Crippen molar-refractivity contribution in [3.63, 3.8) is 0 Å². The summed E-state index contributed by atoms with van der Waals surface area (Å²) >= 11 is 0. The van der Waals surface area contributed by atoms with Crippen molar-refractivity contribution >= 4 is 33.2 Å². The van der Waals surface area contributed by atoms with Crippen molar-refractivity contribution in [1.82, 2.24) is 4.98 Å². The van der Waals surface area contributed by atoms with E-state index in [1.807, 2.05) is 6.07 Å². The van der Waals surface area contributed by atoms with Crippen LogP contribution in [0.1, 0.15) is 0 Å². The monoisotopic (exact) mass is 244 g/mol. The van der Waals surface area contributed by atoms with Gasteiger partial charge in [-0.15, -0.1) is 12.4 Å². The van der Waals surface area contributed by atoms with Crippen molar-refractivity contribution in [3.05, 3.63) is 36.7 Å². The van der Waals surface area contributed by atoms with Crippen molar-refractivity contribution in [2.75, 3.05) is 0 Å². The van der Waals surface area contributed by atoms with Gasteiger partial charge >= 0.3 is 0 Å². The molecule has 1 heterocycles. The average Bonchev–Trinajstić information content (AvgIpc) is 2.16. The van der Waals surface area contributed by atoms with Crippen LogP contribution in [0.25, 0.3) is 10.8 Å². The van der Waals surface area contributed by atoms with Gasteiger partial charge in [-0.05, 0) is 23.6 Å². The molecule has 4 nitrogen and oxygen atoms in total. The SMILES string of the molecule is Cl.NS(=O)(=O)c1ccc2ccncc2c1. The number of nitrogens with two attached hydrogens (primary N) is 1. The molecule has 6 heteroatoms. The second-order valence-corrected chi connectivity index (χ2v) is 4.49. The van der Waals surface area contributed by atoms with E-state index in [0.29, 0.717) is 0 Å². The van der Waals surface area contributed by atoms with Crippen LogP contribution in [0.4, 0.5) is 0 Å². The van der Waals surface area contributed by atoms with Gasteiger partial charge in [-0.3, -0.25) is 4.98 Å². The Kier molecular flexibility index (Phi) is 3.28. The highest BCUT2D eigenvalue weighted by Gasteiger charge is 2.07. The Labute approximate surface area is 93.6 Å². The minimum atomic E-state index is -3.62. The van der Waals surface area contributed by atoms with Gasteiger partial charge in [0.05, 0.1) is 4.90 Å². The summed E-state index contributed by atoms with van der Waals surface area (Å²) in [4.78, 5) is 4.01. The first-order valence-corrected chi connectivity index (χ1v) is 5.48. The first-order valence-electron chi connectivity index (χ1n) is 3.94. The van der Waals surface area contributed by atoms with Crippen molar-refractivity contribution in [1.29, 1.82) is 0 Å². The molecule has 2 aromatic rings. The molecule has 0 fully saturated rings. The maximum Gasteiger partial charge on any atom is 0.238 e. The van der Waals surface area contributed by atoms with Crippen LogP contribution in [-0.2, 0) is 10.0 Å². The van der Waals surface area contributed by atoms with Gasteiger partial charge in [0.15, 0.2) is 0 Å². The zero-order valence-electron chi connectivity index (χ0n) is 7.62. The number of benzene rings is 1. The number of fused-ring (bicyclic) bond motifs is 1. The Morgan fingerprint density at radius 3 is 2.53 bits per heavy atom. The van der Waals surface area contributed by atoms with E-state index >= 15 is 0 Å². The first-order chi connectivity index (χ1) is 6.57. The van der Waals surface area contributed by atoms with Crippen LogP contribution >= 0.6 is 12.4 Å². The van der Waals surface area contributed by atoms with Crippen LogP contribution in [0.2, 0.25) is 0 Å². The highest BCUT2D eigenvalue weighted by Crippen LogP contribution is 2.16. The Hall–Kier alpha value is -1.17. The van der Waals surface area contributed by atoms with E-state index in [1.165, 1.54) is 12.1 Å². The summed E-state index contributed by atoms with van der Waals surface area (Å²) in [7, 11) is -3.62. The van der Waals surface area contributed by atoms with E-state index in [9.17, 15) is 8.42 Å². The third-order valence-electron chi connectivity index (χ3n) is 1.94. The summed E-state index contributed by atoms with van der Waals surface area (Å²) in [6, 6.07) is 6.51. The summed E-state index contributed by atoms with van der Waals surface area (Å²) in [5.41, 5.74) is 0. The molecule has 0 saturated heterocycles. The summed E-state index contributed by atoms with van der Waals surface area (Å²) in [5.74, 6) is 0. The number of nitrogens with zero attached hydrogens (tertiary/aromatic N) is 1. The predicted octanol–water partition coefficient (Wildman–Crippen LogP) is 1.30. The molecule has 0 amide bonds. The van der Waals surface area contributed by atoms with Gasteiger partial charge in [0, 0.05) is 17.8 Å². The van der Waals surface area contributed by atoms with Crippen LogP contribution in [0, 0.1) is 0 Å². The second kappa shape index (κ2) is 4.14. The Morgan fingerprint density at radius 2 is 1.87 bits per heavy atom. The molecular formula is C9H9ClN2O2S. The van der Waals surface area contributed by atoms with Crippen molar-refractivity contribution in [2.45, 2.75) is 4.90 Å². The highest BCUT2D eigenvalue weighted by atomic mass is 35.5. The lowest BCUT2D eigenvalue weighted by Crippen LogP contribution is -2.11. The van der Waals surface area contributed by atoms with Crippen molar-refractivity contribution in [3.8, 4) is 0 Å². The van der Waals surface area contributed by atoms with E-state index < -0.39 is 10.0 Å². The Bertz CT molecular complexity index is 583. The normalized spacial score (nSPS) is 11.0. The molecule has 0 radical (unpaired) electrons. The molecule has 1 aromatic heterocycles. The molecule has 0 unspecified atom stereocenters. The van der Waals surface area contributed by atoms with Crippen LogP contribution in [-0.4, -0.2) is 13.4 Å².